The van der Waals surface area contributed by atoms with Gasteiger partial charge in [-0.05, 0) is 30.3 Å². The van der Waals surface area contributed by atoms with Gasteiger partial charge in [-0.25, -0.2) is 4.39 Å². The van der Waals surface area contributed by atoms with E-state index in [1.165, 1.54) is 35.0 Å². The summed E-state index contributed by atoms with van der Waals surface area (Å²) in [6.45, 7) is 0.168. The summed E-state index contributed by atoms with van der Waals surface area (Å²) in [5.74, 6) is -1.74. The van der Waals surface area contributed by atoms with Gasteiger partial charge < -0.3 is 9.90 Å². The van der Waals surface area contributed by atoms with Gasteiger partial charge in [-0.3, -0.25) is 4.68 Å². The number of nitrogens with zero attached hydrogens (tertiary/aromatic N) is 3. The normalized spacial score (nSPS) is 10.1. The van der Waals surface area contributed by atoms with Gasteiger partial charge in [0, 0.05) is 5.56 Å². The van der Waals surface area contributed by atoms with Crippen LogP contribution in [0.5, 0.6) is 0 Å². The number of carboxylic acid groups (broad SMARTS) is 1. The van der Waals surface area contributed by atoms with E-state index in [-0.39, 0.29) is 24.5 Å². The van der Waals surface area contributed by atoms with Gasteiger partial charge in [-0.15, -0.1) is 0 Å². The van der Waals surface area contributed by atoms with Crippen molar-refractivity contribution < 1.29 is 14.3 Å². The highest BCUT2D eigenvalue weighted by Crippen LogP contribution is 2.19. The Labute approximate surface area is 108 Å². The monoisotopic (exact) mass is 258 g/mol. The van der Waals surface area contributed by atoms with Crippen molar-refractivity contribution >= 4 is 5.97 Å². The van der Waals surface area contributed by atoms with Gasteiger partial charge in [-0.2, -0.15) is 10.4 Å². The van der Waals surface area contributed by atoms with E-state index in [4.69, 9.17) is 5.26 Å². The number of hydrogen-bond donors (Lipinski definition) is 0. The van der Waals surface area contributed by atoms with Crippen LogP contribution in [0.2, 0.25) is 0 Å². The predicted octanol–water partition coefficient (Wildman–Crippen LogP) is 0.966. The summed E-state index contributed by atoms with van der Waals surface area (Å²) in [4.78, 5) is 11.0. The first-order valence-electron chi connectivity index (χ1n) is 5.54. The molecule has 2 aromatic rings. The van der Waals surface area contributed by atoms with Crippen molar-refractivity contribution in [3.63, 3.8) is 0 Å². The number of aryl methyl sites for hydroxylation is 1. The molecular formula is C13H9FN3O2-. The van der Waals surface area contributed by atoms with Gasteiger partial charge in [0.25, 0.3) is 0 Å². The van der Waals surface area contributed by atoms with Crippen LogP contribution in [0.3, 0.4) is 0 Å². The number of aromatic nitrogens is 2. The minimum atomic E-state index is -1.36. The highest BCUT2D eigenvalue weighted by molar-refractivity contribution is 5.85. The summed E-state index contributed by atoms with van der Waals surface area (Å²) in [6, 6.07) is 8.81. The number of aromatic carboxylic acids is 1. The number of benzene rings is 1. The lowest BCUT2D eigenvalue weighted by atomic mass is 10.1. The molecule has 2 rings (SSSR count). The van der Waals surface area contributed by atoms with E-state index in [2.05, 4.69) is 5.10 Å². The quantitative estimate of drug-likeness (QED) is 0.818. The zero-order valence-electron chi connectivity index (χ0n) is 9.84. The number of carbonyl (C=O) groups excluding carboxylic acids is 1. The predicted molar refractivity (Wildman–Crippen MR) is 62.2 cm³/mol. The van der Waals surface area contributed by atoms with Crippen molar-refractivity contribution in [2.75, 3.05) is 0 Å². The molecular weight excluding hydrogens is 249 g/mol. The summed E-state index contributed by atoms with van der Waals surface area (Å²) in [5.41, 5.74) is 0.895. The van der Waals surface area contributed by atoms with Gasteiger partial charge in [0.2, 0.25) is 0 Å². The van der Waals surface area contributed by atoms with Crippen molar-refractivity contribution in [2.45, 2.75) is 13.0 Å². The molecule has 1 aromatic heterocycles. The fourth-order valence-electron chi connectivity index (χ4n) is 1.67. The SMILES string of the molecule is N#CCCn1nc(-c2ccc(F)cc2)cc1C(=O)[O-]. The maximum Gasteiger partial charge on any atom is 0.123 e. The average Bonchev–Trinajstić information content (AvgIpc) is 2.81. The molecule has 1 aromatic carbocycles. The second-order valence-corrected chi connectivity index (χ2v) is 3.84. The molecule has 0 spiro atoms. The van der Waals surface area contributed by atoms with Gasteiger partial charge in [0.05, 0.1) is 36.4 Å². The first kappa shape index (κ1) is 12.8. The number of carbonyl (C=O) groups is 1. The van der Waals surface area contributed by atoms with E-state index < -0.39 is 5.97 Å². The first-order valence-corrected chi connectivity index (χ1v) is 5.54. The lowest BCUT2D eigenvalue weighted by molar-refractivity contribution is -0.255. The molecule has 0 aliphatic rings. The van der Waals surface area contributed by atoms with Gasteiger partial charge in [0.15, 0.2) is 0 Å². The second-order valence-electron chi connectivity index (χ2n) is 3.84. The van der Waals surface area contributed by atoms with Crippen LogP contribution >= 0.6 is 0 Å². The first-order chi connectivity index (χ1) is 9.11. The maximum atomic E-state index is 12.8. The molecule has 0 atom stereocenters. The summed E-state index contributed by atoms with van der Waals surface area (Å²) < 4.78 is 14.0. The molecule has 19 heavy (non-hydrogen) atoms. The maximum absolute atomic E-state index is 12.8. The van der Waals surface area contributed by atoms with E-state index in [0.29, 0.717) is 11.3 Å². The molecule has 0 unspecified atom stereocenters. The third-order valence-electron chi connectivity index (χ3n) is 2.56. The standard InChI is InChI=1S/C13H10FN3O2/c14-10-4-2-9(3-5-10)11-8-12(13(18)19)17(16-11)7-1-6-15/h2-5,8H,1,7H2,(H,18,19)/p-1. The van der Waals surface area contributed by atoms with Crippen molar-refractivity contribution in [3.05, 3.63) is 41.8 Å². The van der Waals surface area contributed by atoms with Crippen LogP contribution < -0.4 is 5.11 Å². The molecule has 0 radical (unpaired) electrons. The van der Waals surface area contributed by atoms with Gasteiger partial charge in [-0.1, -0.05) is 0 Å². The third kappa shape index (κ3) is 2.77. The molecule has 0 fully saturated rings. The largest absolute Gasteiger partial charge is 0.543 e. The van der Waals surface area contributed by atoms with E-state index in [9.17, 15) is 14.3 Å². The van der Waals surface area contributed by atoms with E-state index in [1.807, 2.05) is 6.07 Å². The van der Waals surface area contributed by atoms with Crippen LogP contribution in [0.15, 0.2) is 30.3 Å². The fraction of sp³-hybridized carbons (Fsp3) is 0.154. The Morgan fingerprint density at radius 3 is 2.68 bits per heavy atom. The lowest BCUT2D eigenvalue weighted by Crippen LogP contribution is -2.26. The third-order valence-corrected chi connectivity index (χ3v) is 2.56. The lowest BCUT2D eigenvalue weighted by Gasteiger charge is -2.04. The van der Waals surface area contributed by atoms with Crippen LogP contribution in [0, 0.1) is 17.1 Å². The van der Waals surface area contributed by atoms with Crippen molar-refractivity contribution in [3.8, 4) is 17.3 Å². The summed E-state index contributed by atoms with van der Waals surface area (Å²) in [7, 11) is 0. The molecule has 96 valence electrons. The van der Waals surface area contributed by atoms with Crippen LogP contribution in [-0.4, -0.2) is 15.7 Å². The molecule has 6 heteroatoms. The zero-order chi connectivity index (χ0) is 13.8. The average molecular weight is 258 g/mol. The number of halogens is 1. The Balaban J connectivity index is 2.39. The van der Waals surface area contributed by atoms with Crippen LogP contribution in [0.1, 0.15) is 16.9 Å². The van der Waals surface area contributed by atoms with Crippen molar-refractivity contribution in [1.82, 2.24) is 9.78 Å². The van der Waals surface area contributed by atoms with Crippen LogP contribution in [-0.2, 0) is 6.54 Å². The number of hydrogen-bond acceptors (Lipinski definition) is 4. The molecule has 0 saturated carbocycles. The Morgan fingerprint density at radius 1 is 1.42 bits per heavy atom. The summed E-state index contributed by atoms with van der Waals surface area (Å²) in [5, 5.41) is 23.6. The summed E-state index contributed by atoms with van der Waals surface area (Å²) >= 11 is 0. The molecule has 0 aliphatic carbocycles. The topological polar surface area (TPSA) is 81.7 Å². The van der Waals surface area contributed by atoms with Crippen molar-refractivity contribution in [2.24, 2.45) is 0 Å². The zero-order valence-corrected chi connectivity index (χ0v) is 9.84. The molecule has 0 amide bonds. The van der Waals surface area contributed by atoms with E-state index >= 15 is 0 Å². The molecule has 5 nitrogen and oxygen atoms in total. The molecule has 0 N–H and O–H groups in total. The highest BCUT2D eigenvalue weighted by atomic mass is 19.1. The molecule has 0 bridgehead atoms. The minimum Gasteiger partial charge on any atom is -0.543 e. The Kier molecular flexibility index (Phi) is 3.57. The highest BCUT2D eigenvalue weighted by Gasteiger charge is 2.10. The van der Waals surface area contributed by atoms with E-state index in [1.54, 1.807) is 0 Å². The Bertz CT molecular complexity index is 641. The van der Waals surface area contributed by atoms with E-state index in [0.717, 1.165) is 0 Å². The minimum absolute atomic E-state index is 0.102. The van der Waals surface area contributed by atoms with Crippen LogP contribution in [0.25, 0.3) is 11.3 Å². The van der Waals surface area contributed by atoms with Crippen LogP contribution in [0.4, 0.5) is 4.39 Å². The molecule has 0 saturated heterocycles. The number of carboxylic acids is 1. The smallest absolute Gasteiger partial charge is 0.123 e. The number of nitriles is 1. The molecule has 0 aliphatic heterocycles. The van der Waals surface area contributed by atoms with Crippen molar-refractivity contribution in [1.29, 1.82) is 5.26 Å². The Morgan fingerprint density at radius 2 is 2.11 bits per heavy atom. The number of rotatable bonds is 4. The molecule has 1 heterocycles. The second kappa shape index (κ2) is 5.31. The summed E-state index contributed by atoms with van der Waals surface area (Å²) in [6.07, 6.45) is 0.144. The van der Waals surface area contributed by atoms with Gasteiger partial charge in [0.1, 0.15) is 5.82 Å². The fourth-order valence-corrected chi connectivity index (χ4v) is 1.67. The Hall–Kier alpha value is -2.68. The van der Waals surface area contributed by atoms with Gasteiger partial charge >= 0.3 is 0 Å².